The topological polar surface area (TPSA) is 56.8 Å². The van der Waals surface area contributed by atoms with E-state index in [1.807, 2.05) is 6.07 Å². The Kier molecular flexibility index (Phi) is 4.36. The summed E-state index contributed by atoms with van der Waals surface area (Å²) >= 11 is 0. The number of hydrogen-bond acceptors (Lipinski definition) is 3. The van der Waals surface area contributed by atoms with Crippen LogP contribution in [0.5, 0.6) is 5.75 Å². The number of nitriles is 2. The lowest BCUT2D eigenvalue weighted by molar-refractivity contribution is 0.151. The van der Waals surface area contributed by atoms with Gasteiger partial charge in [-0.15, -0.1) is 0 Å². The molecule has 0 amide bonds. The molecule has 3 nitrogen and oxygen atoms in total. The average molecular weight is 258 g/mol. The second-order valence-electron chi connectivity index (χ2n) is 4.75. The number of ether oxygens (including phenoxy) is 1. The molecular formula is C15H15FN2O. The highest BCUT2D eigenvalue weighted by molar-refractivity contribution is 5.44. The number of halogens is 1. The van der Waals surface area contributed by atoms with Crippen molar-refractivity contribution in [2.75, 3.05) is 0 Å². The van der Waals surface area contributed by atoms with Gasteiger partial charge >= 0.3 is 0 Å². The minimum atomic E-state index is -0.581. The molecule has 19 heavy (non-hydrogen) atoms. The molecule has 0 heterocycles. The summed E-state index contributed by atoms with van der Waals surface area (Å²) in [5.74, 6) is -0.519. The Bertz CT molecular complexity index is 530. The van der Waals surface area contributed by atoms with Gasteiger partial charge in [0, 0.05) is 0 Å². The second-order valence-corrected chi connectivity index (χ2v) is 4.75. The first-order chi connectivity index (χ1) is 9.26. The molecule has 0 spiro atoms. The van der Waals surface area contributed by atoms with Gasteiger partial charge in [0.05, 0.1) is 12.0 Å². The molecule has 0 bridgehead atoms. The smallest absolute Gasteiger partial charge is 0.144 e. The Labute approximate surface area is 112 Å². The lowest BCUT2D eigenvalue weighted by Gasteiger charge is -2.21. The number of rotatable bonds is 2. The van der Waals surface area contributed by atoms with E-state index < -0.39 is 5.82 Å². The van der Waals surface area contributed by atoms with Crippen LogP contribution in [0.3, 0.4) is 0 Å². The number of benzene rings is 1. The highest BCUT2D eigenvalue weighted by atomic mass is 19.1. The van der Waals surface area contributed by atoms with Crippen LogP contribution >= 0.6 is 0 Å². The van der Waals surface area contributed by atoms with Crippen molar-refractivity contribution in [1.82, 2.24) is 0 Å². The van der Waals surface area contributed by atoms with Crippen molar-refractivity contribution in [3.8, 4) is 17.9 Å². The largest absolute Gasteiger partial charge is 0.488 e. The van der Waals surface area contributed by atoms with Gasteiger partial charge in [-0.3, -0.25) is 0 Å². The molecule has 2 rings (SSSR count). The zero-order chi connectivity index (χ0) is 13.7. The monoisotopic (exact) mass is 258 g/mol. The van der Waals surface area contributed by atoms with Crippen LogP contribution in [0, 0.1) is 34.4 Å². The maximum atomic E-state index is 13.5. The Balaban J connectivity index is 2.22. The van der Waals surface area contributed by atoms with Gasteiger partial charge in [0.15, 0.2) is 0 Å². The van der Waals surface area contributed by atoms with Crippen molar-refractivity contribution in [3.63, 3.8) is 0 Å². The first kappa shape index (κ1) is 13.4. The van der Waals surface area contributed by atoms with E-state index in [2.05, 4.69) is 6.07 Å². The van der Waals surface area contributed by atoms with E-state index in [1.54, 1.807) is 6.07 Å². The van der Waals surface area contributed by atoms with E-state index >= 15 is 0 Å². The standard InChI is InChI=1S/C15H15FN2O/c16-13-6-4-8-15(12(13)10-18)19-14-7-3-1-2-5-11(14)9-17/h4,6,8,11,14H,1-3,5,7H2. The fourth-order valence-corrected chi connectivity index (χ4v) is 2.44. The molecule has 1 saturated carbocycles. The predicted octanol–water partition coefficient (Wildman–Crippen LogP) is 3.55. The summed E-state index contributed by atoms with van der Waals surface area (Å²) in [6.07, 6.45) is 4.44. The molecule has 4 heteroatoms. The second kappa shape index (κ2) is 6.20. The van der Waals surface area contributed by atoms with Gasteiger partial charge in [0.25, 0.3) is 0 Å². The summed E-state index contributed by atoms with van der Waals surface area (Å²) in [6, 6.07) is 8.42. The van der Waals surface area contributed by atoms with Gasteiger partial charge in [0.1, 0.15) is 29.3 Å². The van der Waals surface area contributed by atoms with E-state index in [4.69, 9.17) is 10.00 Å². The van der Waals surface area contributed by atoms with E-state index in [-0.39, 0.29) is 23.3 Å². The molecular weight excluding hydrogens is 243 g/mol. The lowest BCUT2D eigenvalue weighted by Crippen LogP contribution is -2.25. The summed E-state index contributed by atoms with van der Waals surface area (Å²) in [4.78, 5) is 0. The molecule has 0 aliphatic heterocycles. The Morgan fingerprint density at radius 2 is 1.95 bits per heavy atom. The molecule has 98 valence electrons. The van der Waals surface area contributed by atoms with Crippen LogP contribution in [0.15, 0.2) is 18.2 Å². The van der Waals surface area contributed by atoms with Crippen LogP contribution in [0.4, 0.5) is 4.39 Å². The summed E-state index contributed by atoms with van der Waals surface area (Å²) in [7, 11) is 0. The molecule has 1 aliphatic rings. The molecule has 1 aromatic carbocycles. The van der Waals surface area contributed by atoms with E-state index in [1.165, 1.54) is 12.1 Å². The van der Waals surface area contributed by atoms with Crippen molar-refractivity contribution in [2.24, 2.45) is 5.92 Å². The minimum absolute atomic E-state index is 0.0802. The molecule has 1 aliphatic carbocycles. The highest BCUT2D eigenvalue weighted by Gasteiger charge is 2.26. The van der Waals surface area contributed by atoms with Crippen LogP contribution in [-0.4, -0.2) is 6.10 Å². The first-order valence-electron chi connectivity index (χ1n) is 6.51. The SMILES string of the molecule is N#Cc1c(F)cccc1OC1CCCCCC1C#N. The summed E-state index contributed by atoms with van der Waals surface area (Å²) in [5.41, 5.74) is -0.0802. The maximum absolute atomic E-state index is 13.5. The van der Waals surface area contributed by atoms with Crippen LogP contribution in [-0.2, 0) is 0 Å². The number of hydrogen-bond donors (Lipinski definition) is 0. The lowest BCUT2D eigenvalue weighted by atomic mass is 9.99. The van der Waals surface area contributed by atoms with Gasteiger partial charge in [0.2, 0.25) is 0 Å². The average Bonchev–Trinajstić information content (AvgIpc) is 2.64. The highest BCUT2D eigenvalue weighted by Crippen LogP contribution is 2.29. The van der Waals surface area contributed by atoms with Gasteiger partial charge < -0.3 is 4.74 Å². The van der Waals surface area contributed by atoms with Crippen LogP contribution in [0.1, 0.15) is 37.7 Å². The normalized spacial score (nSPS) is 22.9. The van der Waals surface area contributed by atoms with Crippen LogP contribution in [0.2, 0.25) is 0 Å². The third-order valence-corrected chi connectivity index (χ3v) is 3.48. The predicted molar refractivity (Wildman–Crippen MR) is 67.7 cm³/mol. The summed E-state index contributed by atoms with van der Waals surface area (Å²) in [5, 5.41) is 18.1. The molecule has 1 aromatic rings. The van der Waals surface area contributed by atoms with Gasteiger partial charge in [-0.05, 0) is 31.4 Å². The fourth-order valence-electron chi connectivity index (χ4n) is 2.44. The third-order valence-electron chi connectivity index (χ3n) is 3.48. The molecule has 0 N–H and O–H groups in total. The van der Waals surface area contributed by atoms with Gasteiger partial charge in [-0.2, -0.15) is 10.5 Å². The maximum Gasteiger partial charge on any atom is 0.144 e. The minimum Gasteiger partial charge on any atom is -0.488 e. The van der Waals surface area contributed by atoms with E-state index in [0.717, 1.165) is 32.1 Å². The Morgan fingerprint density at radius 1 is 1.16 bits per heavy atom. The molecule has 0 aromatic heterocycles. The summed E-state index contributed by atoms with van der Waals surface area (Å²) in [6.45, 7) is 0. The number of nitrogens with zero attached hydrogens (tertiary/aromatic N) is 2. The molecule has 0 radical (unpaired) electrons. The van der Waals surface area contributed by atoms with Crippen molar-refractivity contribution < 1.29 is 9.13 Å². The van der Waals surface area contributed by atoms with E-state index in [9.17, 15) is 9.65 Å². The molecule has 2 atom stereocenters. The van der Waals surface area contributed by atoms with Crippen LogP contribution < -0.4 is 4.74 Å². The molecule has 2 unspecified atom stereocenters. The van der Waals surface area contributed by atoms with Crippen molar-refractivity contribution in [1.29, 1.82) is 10.5 Å². The first-order valence-corrected chi connectivity index (χ1v) is 6.51. The van der Waals surface area contributed by atoms with Crippen molar-refractivity contribution in [2.45, 2.75) is 38.2 Å². The molecule has 0 saturated heterocycles. The van der Waals surface area contributed by atoms with Gasteiger partial charge in [-0.25, -0.2) is 4.39 Å². The van der Waals surface area contributed by atoms with Crippen molar-refractivity contribution >= 4 is 0 Å². The Hall–Kier alpha value is -2.07. The van der Waals surface area contributed by atoms with E-state index in [0.29, 0.717) is 0 Å². The quantitative estimate of drug-likeness (QED) is 0.762. The summed E-state index contributed by atoms with van der Waals surface area (Å²) < 4.78 is 19.3. The van der Waals surface area contributed by atoms with Crippen LogP contribution in [0.25, 0.3) is 0 Å². The van der Waals surface area contributed by atoms with Gasteiger partial charge in [-0.1, -0.05) is 18.9 Å². The Morgan fingerprint density at radius 3 is 2.68 bits per heavy atom. The molecule has 1 fully saturated rings. The third kappa shape index (κ3) is 3.03. The fraction of sp³-hybridized carbons (Fsp3) is 0.467. The zero-order valence-electron chi connectivity index (χ0n) is 10.6. The zero-order valence-corrected chi connectivity index (χ0v) is 10.6. The van der Waals surface area contributed by atoms with Crippen molar-refractivity contribution in [3.05, 3.63) is 29.6 Å².